The van der Waals surface area contributed by atoms with Crippen molar-refractivity contribution in [2.45, 2.75) is 26.4 Å². The maximum Gasteiger partial charge on any atom is 0.338 e. The van der Waals surface area contributed by atoms with Crippen LogP contribution in [-0.4, -0.2) is 44.4 Å². The number of rotatable bonds is 8. The fourth-order valence-electron chi connectivity index (χ4n) is 5.87. The van der Waals surface area contributed by atoms with Gasteiger partial charge in [-0.1, -0.05) is 59.3 Å². The smallest absolute Gasteiger partial charge is 0.338 e. The van der Waals surface area contributed by atoms with Gasteiger partial charge < -0.3 is 23.8 Å². The van der Waals surface area contributed by atoms with Gasteiger partial charge in [-0.3, -0.25) is 14.2 Å². The number of aromatic nitrogens is 1. The molecule has 1 atom stereocenters. The minimum absolute atomic E-state index is 0.124. The molecule has 3 heterocycles. The quantitative estimate of drug-likeness (QED) is 0.258. The van der Waals surface area contributed by atoms with Crippen LogP contribution in [0.15, 0.2) is 81.7 Å². The number of anilines is 1. The van der Waals surface area contributed by atoms with E-state index in [4.69, 9.17) is 30.5 Å². The van der Waals surface area contributed by atoms with Gasteiger partial charge in [-0.25, -0.2) is 9.79 Å². The Morgan fingerprint density at radius 2 is 1.65 bits per heavy atom. The Morgan fingerprint density at radius 3 is 2.30 bits per heavy atom. The molecule has 46 heavy (non-hydrogen) atoms. The molecule has 3 aromatic carbocycles. The number of fused-ring (bicyclic) bond motifs is 2. The third kappa shape index (κ3) is 5.05. The second kappa shape index (κ2) is 12.5. The van der Waals surface area contributed by atoms with E-state index < -0.39 is 17.6 Å². The van der Waals surface area contributed by atoms with Crippen LogP contribution in [0.3, 0.4) is 0 Å². The predicted octanol–water partition coefficient (Wildman–Crippen LogP) is 4.39. The highest BCUT2D eigenvalue weighted by Crippen LogP contribution is 2.43. The van der Waals surface area contributed by atoms with Gasteiger partial charge in [0.05, 0.1) is 63.1 Å². The van der Waals surface area contributed by atoms with E-state index >= 15 is 0 Å². The first-order chi connectivity index (χ1) is 22.2. The van der Waals surface area contributed by atoms with Gasteiger partial charge in [0.2, 0.25) is 5.75 Å². The molecule has 10 nitrogen and oxygen atoms in total. The highest BCUT2D eigenvalue weighted by Gasteiger charge is 2.38. The van der Waals surface area contributed by atoms with Gasteiger partial charge >= 0.3 is 5.97 Å². The zero-order valence-electron chi connectivity index (χ0n) is 25.8. The molecule has 2 aliphatic heterocycles. The lowest BCUT2D eigenvalue weighted by atomic mass is 9.95. The van der Waals surface area contributed by atoms with Crippen molar-refractivity contribution in [1.82, 2.24) is 4.57 Å². The molecule has 1 amide bonds. The lowest BCUT2D eigenvalue weighted by Gasteiger charge is -2.26. The minimum Gasteiger partial charge on any atom is -0.493 e. The molecule has 0 unspecified atom stereocenters. The molecule has 2 aliphatic rings. The topological polar surface area (TPSA) is 109 Å². The van der Waals surface area contributed by atoms with E-state index in [9.17, 15) is 14.4 Å². The Hall–Kier alpha value is -4.87. The predicted molar refractivity (Wildman–Crippen MR) is 175 cm³/mol. The van der Waals surface area contributed by atoms with Gasteiger partial charge in [-0.15, -0.1) is 0 Å². The molecule has 6 rings (SSSR count). The number of methoxy groups -OCH3 is 3. The van der Waals surface area contributed by atoms with Crippen LogP contribution in [0.2, 0.25) is 5.02 Å². The van der Waals surface area contributed by atoms with E-state index in [1.165, 1.54) is 25.9 Å². The number of halogens is 1. The number of ether oxygens (including phenoxy) is 4. The summed E-state index contributed by atoms with van der Waals surface area (Å²) in [5.41, 5.74) is 2.90. The van der Waals surface area contributed by atoms with Gasteiger partial charge in [0.1, 0.15) is 4.53 Å². The van der Waals surface area contributed by atoms with Crippen LogP contribution < -0.4 is 34.0 Å². The Labute approximate surface area is 273 Å². The van der Waals surface area contributed by atoms with Crippen LogP contribution in [0, 0.1) is 0 Å². The number of para-hydroxylation sites is 1. The van der Waals surface area contributed by atoms with Crippen molar-refractivity contribution < 1.29 is 28.5 Å². The third-order valence-corrected chi connectivity index (χ3v) is 9.35. The number of carbonyl (C=O) groups is 2. The van der Waals surface area contributed by atoms with Crippen molar-refractivity contribution in [2.75, 3.05) is 32.8 Å². The number of esters is 1. The molecule has 4 aromatic rings. The molecular weight excluding hydrogens is 630 g/mol. The largest absolute Gasteiger partial charge is 0.493 e. The second-order valence-corrected chi connectivity index (χ2v) is 11.8. The Balaban J connectivity index is 1.61. The standard InChI is InChI=1S/C34H30ClN3O7S/c1-6-45-33(41)26-18(2)36-34-38(28(26)20-15-24(42-3)29(44-5)25(16-20)43-4)32(40)30(46-34)27-21-12-8-10-14-23(21)37(31(27)39)17-19-11-7-9-13-22(19)35/h7-16,28H,6,17H2,1-5H3/b30-27+/t28-/m0/s1. The van der Waals surface area contributed by atoms with E-state index in [0.29, 0.717) is 49.6 Å². The van der Waals surface area contributed by atoms with E-state index in [1.807, 2.05) is 42.5 Å². The summed E-state index contributed by atoms with van der Waals surface area (Å²) in [6.07, 6.45) is 0. The van der Waals surface area contributed by atoms with Crippen LogP contribution in [0.1, 0.15) is 36.6 Å². The fourth-order valence-corrected chi connectivity index (χ4v) is 7.20. The van der Waals surface area contributed by atoms with Crippen LogP contribution in [0.25, 0.3) is 5.57 Å². The highest BCUT2D eigenvalue weighted by atomic mass is 35.5. The maximum atomic E-state index is 14.6. The number of allylic oxidation sites excluding steroid dienone is 1. The summed E-state index contributed by atoms with van der Waals surface area (Å²) in [4.78, 5) is 48.8. The van der Waals surface area contributed by atoms with E-state index in [-0.39, 0.29) is 34.7 Å². The Bertz CT molecular complexity index is 2090. The van der Waals surface area contributed by atoms with Gasteiger partial charge in [0.25, 0.3) is 11.5 Å². The normalized spacial score (nSPS) is 16.5. The lowest BCUT2D eigenvalue weighted by molar-refractivity contribution is -0.139. The molecule has 0 fully saturated rings. The first-order valence-electron chi connectivity index (χ1n) is 14.4. The lowest BCUT2D eigenvalue weighted by Crippen LogP contribution is -2.41. The Kier molecular flexibility index (Phi) is 8.45. The summed E-state index contributed by atoms with van der Waals surface area (Å²) >= 11 is 7.55. The molecule has 0 aliphatic carbocycles. The zero-order chi connectivity index (χ0) is 32.7. The molecule has 0 saturated carbocycles. The first kappa shape index (κ1) is 31.1. The van der Waals surface area contributed by atoms with Crippen molar-refractivity contribution in [3.63, 3.8) is 0 Å². The van der Waals surface area contributed by atoms with Crippen LogP contribution in [0.5, 0.6) is 17.2 Å². The molecular formula is C34H30ClN3O7S. The molecule has 236 valence electrons. The molecule has 0 N–H and O–H groups in total. The molecule has 1 aromatic heterocycles. The van der Waals surface area contributed by atoms with Gasteiger partial charge in [-0.05, 0) is 49.2 Å². The summed E-state index contributed by atoms with van der Waals surface area (Å²) in [5, 5.41) is 0.535. The Morgan fingerprint density at radius 1 is 0.978 bits per heavy atom. The molecule has 0 saturated heterocycles. The average Bonchev–Trinajstić information content (AvgIpc) is 3.52. The van der Waals surface area contributed by atoms with Crippen LogP contribution in [0.4, 0.5) is 5.69 Å². The first-order valence-corrected chi connectivity index (χ1v) is 15.6. The van der Waals surface area contributed by atoms with Crippen LogP contribution >= 0.6 is 22.9 Å². The van der Waals surface area contributed by atoms with Crippen molar-refractivity contribution in [3.8, 4) is 17.2 Å². The maximum absolute atomic E-state index is 14.6. The van der Waals surface area contributed by atoms with Crippen molar-refractivity contribution in [3.05, 3.63) is 113 Å². The number of thiazole rings is 1. The number of benzene rings is 3. The summed E-state index contributed by atoms with van der Waals surface area (Å²) in [7, 11) is 4.46. The minimum atomic E-state index is -0.968. The number of amides is 1. The summed E-state index contributed by atoms with van der Waals surface area (Å²) in [5.74, 6) is 0.0868. The van der Waals surface area contributed by atoms with Gasteiger partial charge in [-0.2, -0.15) is 0 Å². The van der Waals surface area contributed by atoms with Crippen molar-refractivity contribution >= 4 is 46.1 Å². The molecule has 0 bridgehead atoms. The summed E-state index contributed by atoms with van der Waals surface area (Å²) in [6, 6.07) is 17.1. The monoisotopic (exact) mass is 659 g/mol. The zero-order valence-corrected chi connectivity index (χ0v) is 27.3. The van der Waals surface area contributed by atoms with E-state index in [1.54, 1.807) is 36.9 Å². The van der Waals surface area contributed by atoms with E-state index in [2.05, 4.69) is 4.99 Å². The second-order valence-electron chi connectivity index (χ2n) is 10.5. The fraction of sp³-hybridized carbons (Fsp3) is 0.235. The summed E-state index contributed by atoms with van der Waals surface area (Å²) in [6.45, 7) is 3.74. The number of hydrogen-bond donors (Lipinski definition) is 0. The number of hydrogen-bond acceptors (Lipinski definition) is 9. The number of nitrogens with zero attached hydrogens (tertiary/aromatic N) is 3. The molecule has 12 heteroatoms. The summed E-state index contributed by atoms with van der Waals surface area (Å²) < 4.78 is 23.8. The van der Waals surface area contributed by atoms with Crippen molar-refractivity contribution in [2.24, 2.45) is 4.99 Å². The van der Waals surface area contributed by atoms with E-state index in [0.717, 1.165) is 16.9 Å². The van der Waals surface area contributed by atoms with Gasteiger partial charge in [0.15, 0.2) is 16.3 Å². The third-order valence-electron chi connectivity index (χ3n) is 7.93. The van der Waals surface area contributed by atoms with Crippen molar-refractivity contribution in [1.29, 1.82) is 0 Å². The van der Waals surface area contributed by atoms with Gasteiger partial charge in [0, 0.05) is 10.6 Å². The van der Waals surface area contributed by atoms with Crippen LogP contribution in [-0.2, 0) is 20.9 Å². The highest BCUT2D eigenvalue weighted by molar-refractivity contribution is 7.07. The molecule has 0 radical (unpaired) electrons. The molecule has 0 spiro atoms. The number of carbonyl (C=O) groups excluding carboxylic acids is 2. The average molecular weight is 660 g/mol. The SMILES string of the molecule is CCOC(=O)C1=C(C)N=c2s/c(=C3/C(=O)N(Cc4ccccc4Cl)c4ccccc43)c(=O)n2[C@H]1c1cc(OC)c(OC)c(OC)c1.